The molecule has 2 aromatic rings. The Morgan fingerprint density at radius 3 is 2.42 bits per heavy atom. The molecule has 0 fully saturated rings. The van der Waals surface area contributed by atoms with Crippen LogP contribution in [0.15, 0.2) is 42.6 Å². The Morgan fingerprint density at radius 2 is 1.89 bits per heavy atom. The van der Waals surface area contributed by atoms with E-state index in [-0.39, 0.29) is 11.9 Å². The minimum Gasteiger partial charge on any atom is -0.329 e. The van der Waals surface area contributed by atoms with Gasteiger partial charge in [0.15, 0.2) is 0 Å². The average Bonchev–Trinajstić information content (AvgIpc) is 2.39. The third-order valence-corrected chi connectivity index (χ3v) is 2.92. The van der Waals surface area contributed by atoms with E-state index < -0.39 is 0 Å². The number of pyridine rings is 1. The fraction of sp³-hybridized carbons (Fsp3) is 0.267. The van der Waals surface area contributed by atoms with Crippen LogP contribution in [-0.4, -0.2) is 18.1 Å². The minimum absolute atomic E-state index is 0.127. The summed E-state index contributed by atoms with van der Waals surface area (Å²) in [6.45, 7) is 1.97. The van der Waals surface area contributed by atoms with Gasteiger partial charge in [-0.15, -0.1) is 0 Å². The molecule has 1 aromatic carbocycles. The summed E-state index contributed by atoms with van der Waals surface area (Å²) in [4.78, 5) is 6.32. The van der Waals surface area contributed by atoms with Gasteiger partial charge in [0.2, 0.25) is 0 Å². The van der Waals surface area contributed by atoms with E-state index in [0.29, 0.717) is 0 Å². The van der Waals surface area contributed by atoms with Gasteiger partial charge in [0.25, 0.3) is 0 Å². The molecule has 1 atom stereocenters. The standard InChI is InChI=1S/C15H18FN3/c1-11(17)9-12-3-8-15(18-10-12)19(2)14-6-4-13(16)5-7-14/h3-8,10-11H,9,17H2,1-2H3. The van der Waals surface area contributed by atoms with Gasteiger partial charge in [-0.25, -0.2) is 9.37 Å². The number of hydrogen-bond acceptors (Lipinski definition) is 3. The minimum atomic E-state index is -0.239. The zero-order valence-corrected chi connectivity index (χ0v) is 11.2. The first kappa shape index (κ1) is 13.5. The lowest BCUT2D eigenvalue weighted by Crippen LogP contribution is -2.18. The van der Waals surface area contributed by atoms with Gasteiger partial charge in [-0.05, 0) is 49.2 Å². The number of nitrogens with two attached hydrogens (primary N) is 1. The summed E-state index contributed by atoms with van der Waals surface area (Å²) >= 11 is 0. The first-order valence-corrected chi connectivity index (χ1v) is 6.26. The molecular weight excluding hydrogens is 241 g/mol. The van der Waals surface area contributed by atoms with Crippen molar-refractivity contribution >= 4 is 11.5 Å². The Balaban J connectivity index is 2.15. The highest BCUT2D eigenvalue weighted by molar-refractivity contribution is 5.58. The molecule has 2 N–H and O–H groups in total. The van der Waals surface area contributed by atoms with Crippen LogP contribution >= 0.6 is 0 Å². The number of anilines is 2. The van der Waals surface area contributed by atoms with E-state index in [2.05, 4.69) is 4.98 Å². The Bertz CT molecular complexity index is 520. The average molecular weight is 259 g/mol. The molecular formula is C15H18FN3. The summed E-state index contributed by atoms with van der Waals surface area (Å²) in [5, 5.41) is 0. The van der Waals surface area contributed by atoms with Gasteiger partial charge >= 0.3 is 0 Å². The van der Waals surface area contributed by atoms with Crippen LogP contribution in [0.2, 0.25) is 0 Å². The van der Waals surface area contributed by atoms with Crippen molar-refractivity contribution < 1.29 is 4.39 Å². The van der Waals surface area contributed by atoms with E-state index in [9.17, 15) is 4.39 Å². The number of hydrogen-bond donors (Lipinski definition) is 1. The summed E-state index contributed by atoms with van der Waals surface area (Å²) < 4.78 is 12.9. The van der Waals surface area contributed by atoms with Crippen LogP contribution < -0.4 is 10.6 Å². The second kappa shape index (κ2) is 5.80. The van der Waals surface area contributed by atoms with E-state index in [1.54, 1.807) is 12.1 Å². The van der Waals surface area contributed by atoms with Crippen LogP contribution in [0.4, 0.5) is 15.9 Å². The molecule has 0 saturated carbocycles. The summed E-state index contributed by atoms with van der Waals surface area (Å²) in [5.41, 5.74) is 7.77. The number of halogens is 1. The molecule has 0 aliphatic rings. The monoisotopic (exact) mass is 259 g/mol. The maximum atomic E-state index is 12.9. The quantitative estimate of drug-likeness (QED) is 0.918. The van der Waals surface area contributed by atoms with E-state index >= 15 is 0 Å². The summed E-state index contributed by atoms with van der Waals surface area (Å²) in [6.07, 6.45) is 2.65. The molecule has 0 aliphatic carbocycles. The summed E-state index contributed by atoms with van der Waals surface area (Å²) in [6, 6.07) is 10.4. The second-order valence-electron chi connectivity index (χ2n) is 4.74. The maximum Gasteiger partial charge on any atom is 0.132 e. The molecule has 19 heavy (non-hydrogen) atoms. The molecule has 0 radical (unpaired) electrons. The van der Waals surface area contributed by atoms with Crippen molar-refractivity contribution in [2.45, 2.75) is 19.4 Å². The zero-order chi connectivity index (χ0) is 13.8. The number of rotatable bonds is 4. The maximum absolute atomic E-state index is 12.9. The highest BCUT2D eigenvalue weighted by Crippen LogP contribution is 2.21. The summed E-state index contributed by atoms with van der Waals surface area (Å²) in [5.74, 6) is 0.581. The molecule has 0 saturated heterocycles. The van der Waals surface area contributed by atoms with Crippen molar-refractivity contribution in [2.24, 2.45) is 5.73 Å². The van der Waals surface area contributed by atoms with Crippen LogP contribution in [0, 0.1) is 5.82 Å². The second-order valence-corrected chi connectivity index (χ2v) is 4.74. The molecule has 3 nitrogen and oxygen atoms in total. The Morgan fingerprint density at radius 1 is 1.21 bits per heavy atom. The lowest BCUT2D eigenvalue weighted by atomic mass is 10.1. The SMILES string of the molecule is CC(N)Cc1ccc(N(C)c2ccc(F)cc2)nc1. The molecule has 0 bridgehead atoms. The van der Waals surface area contributed by atoms with Crippen LogP contribution in [0.25, 0.3) is 0 Å². The third-order valence-electron chi connectivity index (χ3n) is 2.92. The van der Waals surface area contributed by atoms with Gasteiger partial charge in [-0.1, -0.05) is 6.07 Å². The van der Waals surface area contributed by atoms with Crippen LogP contribution in [0.1, 0.15) is 12.5 Å². The molecule has 1 unspecified atom stereocenters. The highest BCUT2D eigenvalue weighted by Gasteiger charge is 2.06. The molecule has 0 amide bonds. The fourth-order valence-electron chi connectivity index (χ4n) is 1.90. The van der Waals surface area contributed by atoms with E-state index in [0.717, 1.165) is 23.5 Å². The van der Waals surface area contributed by atoms with Gasteiger partial charge in [-0.3, -0.25) is 0 Å². The van der Waals surface area contributed by atoms with Gasteiger partial charge in [-0.2, -0.15) is 0 Å². The first-order valence-electron chi connectivity index (χ1n) is 6.26. The van der Waals surface area contributed by atoms with Crippen molar-refractivity contribution in [2.75, 3.05) is 11.9 Å². The van der Waals surface area contributed by atoms with Crippen LogP contribution in [-0.2, 0) is 6.42 Å². The summed E-state index contributed by atoms with van der Waals surface area (Å²) in [7, 11) is 1.90. The molecule has 1 aromatic heterocycles. The normalized spacial score (nSPS) is 12.2. The van der Waals surface area contributed by atoms with Gasteiger partial charge in [0.05, 0.1) is 0 Å². The third kappa shape index (κ3) is 3.51. The number of nitrogens with zero attached hydrogens (tertiary/aromatic N) is 2. The first-order chi connectivity index (χ1) is 9.06. The van der Waals surface area contributed by atoms with Crippen LogP contribution in [0.3, 0.4) is 0 Å². The van der Waals surface area contributed by atoms with Crippen molar-refractivity contribution in [1.29, 1.82) is 0 Å². The molecule has 2 rings (SSSR count). The molecule has 0 aliphatic heterocycles. The van der Waals surface area contributed by atoms with Gasteiger partial charge in [0.1, 0.15) is 11.6 Å². The number of benzene rings is 1. The molecule has 0 spiro atoms. The van der Waals surface area contributed by atoms with Crippen molar-refractivity contribution in [3.8, 4) is 0 Å². The predicted octanol–water partition coefficient (Wildman–Crippen LogP) is 2.88. The lowest BCUT2D eigenvalue weighted by Gasteiger charge is -2.18. The predicted molar refractivity (Wildman–Crippen MR) is 76.1 cm³/mol. The van der Waals surface area contributed by atoms with Crippen molar-refractivity contribution in [3.63, 3.8) is 0 Å². The van der Waals surface area contributed by atoms with E-state index in [1.807, 2.05) is 37.2 Å². The van der Waals surface area contributed by atoms with E-state index in [1.165, 1.54) is 12.1 Å². The fourth-order valence-corrected chi connectivity index (χ4v) is 1.90. The molecule has 4 heteroatoms. The lowest BCUT2D eigenvalue weighted by molar-refractivity contribution is 0.628. The van der Waals surface area contributed by atoms with Gasteiger partial charge in [0, 0.05) is 25.0 Å². The zero-order valence-electron chi connectivity index (χ0n) is 11.2. The highest BCUT2D eigenvalue weighted by atomic mass is 19.1. The molecule has 1 heterocycles. The largest absolute Gasteiger partial charge is 0.329 e. The van der Waals surface area contributed by atoms with Crippen molar-refractivity contribution in [1.82, 2.24) is 4.98 Å². The Kier molecular flexibility index (Phi) is 4.12. The topological polar surface area (TPSA) is 42.1 Å². The smallest absolute Gasteiger partial charge is 0.132 e. The van der Waals surface area contributed by atoms with Crippen LogP contribution in [0.5, 0.6) is 0 Å². The Hall–Kier alpha value is -1.94. The van der Waals surface area contributed by atoms with E-state index in [4.69, 9.17) is 5.73 Å². The van der Waals surface area contributed by atoms with Gasteiger partial charge < -0.3 is 10.6 Å². The number of aromatic nitrogens is 1. The Labute approximate surface area is 112 Å². The van der Waals surface area contributed by atoms with Crippen molar-refractivity contribution in [3.05, 3.63) is 54.0 Å². The molecule has 100 valence electrons.